The number of halogens is 1. The van der Waals surface area contributed by atoms with Crippen LogP contribution >= 0.6 is 0 Å². The Morgan fingerprint density at radius 1 is 0.880 bits per heavy atom. The molecular formula is C36H53FN6O7. The number of amides is 5. The lowest BCUT2D eigenvalue weighted by Gasteiger charge is -2.29. The molecule has 0 aliphatic carbocycles. The Morgan fingerprint density at radius 3 is 2.10 bits per heavy atom. The van der Waals surface area contributed by atoms with Crippen molar-refractivity contribution in [3.63, 3.8) is 0 Å². The maximum absolute atomic E-state index is 14.3. The third-order valence-electron chi connectivity index (χ3n) is 8.42. The summed E-state index contributed by atoms with van der Waals surface area (Å²) in [6, 6.07) is 2.95. The van der Waals surface area contributed by atoms with Gasteiger partial charge in [-0.1, -0.05) is 53.5 Å². The first-order valence-corrected chi connectivity index (χ1v) is 17.2. The van der Waals surface area contributed by atoms with Gasteiger partial charge in [-0.3, -0.25) is 24.0 Å². The molecule has 0 fully saturated rings. The van der Waals surface area contributed by atoms with E-state index in [1.54, 1.807) is 40.7 Å². The van der Waals surface area contributed by atoms with Gasteiger partial charge < -0.3 is 36.9 Å². The highest BCUT2D eigenvalue weighted by atomic mass is 19.1. The Hall–Kier alpha value is -4.59. The van der Waals surface area contributed by atoms with Gasteiger partial charge >= 0.3 is 0 Å². The second-order valence-electron chi connectivity index (χ2n) is 13.0. The van der Waals surface area contributed by atoms with Crippen molar-refractivity contribution in [3.05, 3.63) is 70.4 Å². The molecule has 276 valence electrons. The van der Waals surface area contributed by atoms with Crippen molar-refractivity contribution in [2.75, 3.05) is 6.54 Å². The molecule has 0 saturated heterocycles. The first kappa shape index (κ1) is 41.6. The number of aliphatic hydroxyl groups excluding tert-OH is 1. The Bertz CT molecular complexity index is 1430. The van der Waals surface area contributed by atoms with Crippen LogP contribution in [0.25, 0.3) is 0 Å². The number of hydrogen-bond acceptors (Lipinski definition) is 7. The molecule has 5 amide bonds. The van der Waals surface area contributed by atoms with Crippen LogP contribution in [0.3, 0.4) is 0 Å². The van der Waals surface area contributed by atoms with Gasteiger partial charge in [-0.25, -0.2) is 4.39 Å². The van der Waals surface area contributed by atoms with E-state index in [4.69, 9.17) is 0 Å². The molecule has 0 aliphatic heterocycles. The van der Waals surface area contributed by atoms with Crippen LogP contribution in [0.1, 0.15) is 88.7 Å². The average molecular weight is 701 g/mol. The third kappa shape index (κ3) is 13.0. The number of hydrogen-bond donors (Lipinski definition) is 6. The van der Waals surface area contributed by atoms with Crippen LogP contribution in [-0.2, 0) is 25.6 Å². The average Bonchev–Trinajstić information content (AvgIpc) is 3.04. The third-order valence-corrected chi connectivity index (χ3v) is 8.42. The van der Waals surface area contributed by atoms with Crippen LogP contribution in [0.4, 0.5) is 4.39 Å². The molecule has 0 bridgehead atoms. The Balaban J connectivity index is 2.31. The highest BCUT2D eigenvalue weighted by Gasteiger charge is 2.33. The van der Waals surface area contributed by atoms with Crippen molar-refractivity contribution in [1.29, 1.82) is 0 Å². The highest BCUT2D eigenvalue weighted by molar-refractivity contribution is 5.98. The van der Waals surface area contributed by atoms with Crippen LogP contribution in [0.5, 0.6) is 0 Å². The Labute approximate surface area is 293 Å². The fourth-order valence-electron chi connectivity index (χ4n) is 5.44. The van der Waals surface area contributed by atoms with Crippen molar-refractivity contribution < 1.29 is 38.2 Å². The SMILES string of the molecule is CCC[C@H](NC(=O)[C@@H](NC(=O)c1cc[n+]([O-])cc1)[C@@H](C)CC)C(=O)N[C@@H](Cc1cc(C)cc(F)c1)[C@H](O)CC(=O)N[C@H](C(=O)NCC)C(C)C. The van der Waals surface area contributed by atoms with E-state index in [0.717, 1.165) is 0 Å². The number of aryl methyl sites for hydroxylation is 1. The fourth-order valence-corrected chi connectivity index (χ4v) is 5.44. The number of pyridine rings is 1. The highest BCUT2D eigenvalue weighted by Crippen LogP contribution is 2.16. The molecular weight excluding hydrogens is 647 g/mol. The molecule has 50 heavy (non-hydrogen) atoms. The second-order valence-corrected chi connectivity index (χ2v) is 13.0. The molecule has 6 atom stereocenters. The Morgan fingerprint density at radius 2 is 1.54 bits per heavy atom. The molecule has 0 spiro atoms. The van der Waals surface area contributed by atoms with Crippen LogP contribution in [0.2, 0.25) is 0 Å². The van der Waals surface area contributed by atoms with Crippen LogP contribution in [-0.4, -0.2) is 71.5 Å². The van der Waals surface area contributed by atoms with Crippen molar-refractivity contribution in [2.45, 2.75) is 111 Å². The monoisotopic (exact) mass is 700 g/mol. The van der Waals surface area contributed by atoms with Gasteiger partial charge in [-0.2, -0.15) is 4.73 Å². The van der Waals surface area contributed by atoms with E-state index < -0.39 is 66.1 Å². The molecule has 0 aliphatic rings. The molecule has 2 aromatic rings. The van der Waals surface area contributed by atoms with E-state index in [-0.39, 0.29) is 36.1 Å². The quantitative estimate of drug-likeness (QED) is 0.0953. The van der Waals surface area contributed by atoms with E-state index in [1.165, 1.54) is 36.7 Å². The number of aromatic nitrogens is 1. The molecule has 0 unspecified atom stereocenters. The summed E-state index contributed by atoms with van der Waals surface area (Å²) >= 11 is 0. The number of aliphatic hydroxyl groups is 1. The maximum atomic E-state index is 14.3. The fraction of sp³-hybridized carbons (Fsp3) is 0.556. The summed E-state index contributed by atoms with van der Waals surface area (Å²) in [6.45, 7) is 12.8. The normalized spacial score (nSPS) is 14.8. The Kier molecular flexibility index (Phi) is 16.8. The van der Waals surface area contributed by atoms with Gasteiger partial charge in [-0.05, 0) is 61.8 Å². The zero-order chi connectivity index (χ0) is 37.5. The summed E-state index contributed by atoms with van der Waals surface area (Å²) in [5.41, 5.74) is 1.27. The minimum Gasteiger partial charge on any atom is -0.619 e. The first-order chi connectivity index (χ1) is 23.6. The van der Waals surface area contributed by atoms with E-state index >= 15 is 0 Å². The summed E-state index contributed by atoms with van der Waals surface area (Å²) in [5.74, 6) is -3.86. The zero-order valence-electron chi connectivity index (χ0n) is 30.0. The van der Waals surface area contributed by atoms with Crippen molar-refractivity contribution in [1.82, 2.24) is 26.6 Å². The summed E-state index contributed by atoms with van der Waals surface area (Å²) in [4.78, 5) is 65.9. The van der Waals surface area contributed by atoms with Crippen molar-refractivity contribution in [3.8, 4) is 0 Å². The minimum atomic E-state index is -1.45. The lowest BCUT2D eigenvalue weighted by Crippen LogP contribution is -2.58. The zero-order valence-corrected chi connectivity index (χ0v) is 30.0. The van der Waals surface area contributed by atoms with Gasteiger partial charge in [0.05, 0.1) is 24.1 Å². The summed E-state index contributed by atoms with van der Waals surface area (Å²) in [6.07, 6.45) is 1.61. The molecule has 1 heterocycles. The second kappa shape index (κ2) is 20.2. The van der Waals surface area contributed by atoms with Crippen LogP contribution < -0.4 is 31.3 Å². The van der Waals surface area contributed by atoms with Gasteiger partial charge in [0.15, 0.2) is 12.4 Å². The smallest absolute Gasteiger partial charge is 0.252 e. The maximum Gasteiger partial charge on any atom is 0.252 e. The van der Waals surface area contributed by atoms with Gasteiger partial charge in [-0.15, -0.1) is 0 Å². The van der Waals surface area contributed by atoms with E-state index in [0.29, 0.717) is 35.2 Å². The van der Waals surface area contributed by atoms with Crippen LogP contribution in [0.15, 0.2) is 42.7 Å². The molecule has 1 aromatic carbocycles. The number of carbonyl (C=O) groups excluding carboxylic acids is 5. The van der Waals surface area contributed by atoms with E-state index in [9.17, 15) is 38.7 Å². The molecule has 1 aromatic heterocycles. The largest absolute Gasteiger partial charge is 0.619 e. The lowest BCUT2D eigenvalue weighted by molar-refractivity contribution is -0.605. The summed E-state index contributed by atoms with van der Waals surface area (Å²) in [5, 5.41) is 36.3. The summed E-state index contributed by atoms with van der Waals surface area (Å²) < 4.78 is 14.9. The molecule has 0 radical (unpaired) electrons. The predicted molar refractivity (Wildman–Crippen MR) is 186 cm³/mol. The predicted octanol–water partition coefficient (Wildman–Crippen LogP) is 1.95. The minimum absolute atomic E-state index is 0.0402. The van der Waals surface area contributed by atoms with Gasteiger partial charge in [0, 0.05) is 18.7 Å². The number of benzene rings is 1. The number of rotatable bonds is 19. The van der Waals surface area contributed by atoms with Gasteiger partial charge in [0.2, 0.25) is 23.6 Å². The lowest BCUT2D eigenvalue weighted by atomic mass is 9.96. The van der Waals surface area contributed by atoms with Crippen LogP contribution in [0, 0.1) is 29.8 Å². The molecule has 2 rings (SSSR count). The number of carbonyl (C=O) groups is 5. The topological polar surface area (TPSA) is 193 Å². The number of likely N-dealkylation sites (N-methyl/N-ethyl adjacent to an activating group) is 1. The molecule has 6 N–H and O–H groups in total. The van der Waals surface area contributed by atoms with E-state index in [2.05, 4.69) is 26.6 Å². The molecule has 13 nitrogen and oxygen atoms in total. The molecule has 0 saturated carbocycles. The van der Waals surface area contributed by atoms with Gasteiger partial charge in [0.25, 0.3) is 5.91 Å². The first-order valence-electron chi connectivity index (χ1n) is 17.2. The van der Waals surface area contributed by atoms with E-state index in [1.807, 2.05) is 13.8 Å². The summed E-state index contributed by atoms with van der Waals surface area (Å²) in [7, 11) is 0. The van der Waals surface area contributed by atoms with Crippen molar-refractivity contribution in [2.24, 2.45) is 11.8 Å². The molecule has 14 heteroatoms. The standard InChI is InChI=1S/C36H53FN6O7/c1-8-11-27(39-36(49)32(23(7)9-2)42-33(46)25-12-14-43(50)15-13-25)34(47)40-28(19-24-16-22(6)17-26(37)18-24)29(44)20-30(45)41-31(21(4)5)35(48)38-10-3/h12-18,21,23,27-29,31-32,44H,8-11,19-20H2,1-7H3,(H,38,48)(H,39,49)(H,40,47)(H,41,45)(H,42,46)/t23-,27-,28-,29+,31-,32-/m0/s1. The van der Waals surface area contributed by atoms with Crippen molar-refractivity contribution >= 4 is 29.5 Å². The van der Waals surface area contributed by atoms with Gasteiger partial charge in [0.1, 0.15) is 23.9 Å². The number of nitrogens with zero attached hydrogens (tertiary/aromatic N) is 1. The number of nitrogens with one attached hydrogen (secondary N) is 5.